The van der Waals surface area contributed by atoms with Crippen LogP contribution in [0.4, 0.5) is 0 Å². The number of rotatable bonds is 2. The predicted molar refractivity (Wildman–Crippen MR) is 67.7 cm³/mol. The molecule has 2 heteroatoms. The van der Waals surface area contributed by atoms with Gasteiger partial charge in [0.25, 0.3) is 0 Å². The number of hydrogen-bond acceptors (Lipinski definition) is 2. The molecule has 1 aliphatic heterocycles. The van der Waals surface area contributed by atoms with Gasteiger partial charge in [-0.3, -0.25) is 0 Å². The lowest BCUT2D eigenvalue weighted by molar-refractivity contribution is 0.359. The van der Waals surface area contributed by atoms with Crippen molar-refractivity contribution in [1.82, 2.24) is 4.90 Å². The van der Waals surface area contributed by atoms with Crippen LogP contribution in [-0.2, 0) is 0 Å². The summed E-state index contributed by atoms with van der Waals surface area (Å²) in [6.07, 6.45) is 1.13. The van der Waals surface area contributed by atoms with Crippen LogP contribution in [0.25, 0.3) is 5.57 Å². The van der Waals surface area contributed by atoms with Gasteiger partial charge in [0.2, 0.25) is 0 Å². The molecule has 0 unspecified atom stereocenters. The first-order valence-corrected chi connectivity index (χ1v) is 5.72. The summed E-state index contributed by atoms with van der Waals surface area (Å²) >= 11 is 0. The number of nitrogens with zero attached hydrogens (tertiary/aromatic N) is 1. The molecule has 86 valence electrons. The summed E-state index contributed by atoms with van der Waals surface area (Å²) in [6, 6.07) is 8.36. The summed E-state index contributed by atoms with van der Waals surface area (Å²) in [6.45, 7) is 4.45. The van der Waals surface area contributed by atoms with Crippen LogP contribution in [-0.4, -0.2) is 32.1 Å². The van der Waals surface area contributed by atoms with E-state index in [1.807, 2.05) is 6.07 Å². The predicted octanol–water partition coefficient (Wildman–Crippen LogP) is 2.80. The molecule has 0 radical (unpaired) electrons. The van der Waals surface area contributed by atoms with Crippen LogP contribution in [0, 0.1) is 0 Å². The molecule has 0 aliphatic carbocycles. The lowest BCUT2D eigenvalue weighted by Crippen LogP contribution is -2.26. The van der Waals surface area contributed by atoms with Gasteiger partial charge < -0.3 is 9.64 Å². The van der Waals surface area contributed by atoms with E-state index in [-0.39, 0.29) is 0 Å². The molecule has 1 aromatic carbocycles. The molecule has 0 amide bonds. The monoisotopic (exact) mass is 217 g/mol. The average molecular weight is 217 g/mol. The van der Waals surface area contributed by atoms with Gasteiger partial charge in [-0.2, -0.15) is 0 Å². The molecular formula is C14H19NO. The third-order valence-corrected chi connectivity index (χ3v) is 3.18. The van der Waals surface area contributed by atoms with Crippen LogP contribution in [0.1, 0.15) is 18.9 Å². The van der Waals surface area contributed by atoms with Gasteiger partial charge in [0.1, 0.15) is 5.75 Å². The Morgan fingerprint density at radius 3 is 2.81 bits per heavy atom. The molecule has 0 spiro atoms. The Morgan fingerprint density at radius 2 is 2.12 bits per heavy atom. The van der Waals surface area contributed by atoms with Gasteiger partial charge in [-0.1, -0.05) is 17.7 Å². The van der Waals surface area contributed by atoms with Gasteiger partial charge in [0.15, 0.2) is 0 Å². The molecule has 2 nitrogen and oxygen atoms in total. The van der Waals surface area contributed by atoms with Crippen LogP contribution in [0.3, 0.4) is 0 Å². The first kappa shape index (κ1) is 11.2. The van der Waals surface area contributed by atoms with Gasteiger partial charge >= 0.3 is 0 Å². The topological polar surface area (TPSA) is 12.5 Å². The maximum Gasteiger partial charge on any atom is 0.119 e. The number of benzene rings is 1. The second-order valence-electron chi connectivity index (χ2n) is 4.48. The van der Waals surface area contributed by atoms with E-state index in [2.05, 4.69) is 37.1 Å². The van der Waals surface area contributed by atoms with E-state index in [1.165, 1.54) is 16.7 Å². The van der Waals surface area contributed by atoms with Crippen molar-refractivity contribution in [3.8, 4) is 5.75 Å². The maximum absolute atomic E-state index is 5.27. The van der Waals surface area contributed by atoms with Crippen molar-refractivity contribution in [2.45, 2.75) is 13.3 Å². The highest BCUT2D eigenvalue weighted by Gasteiger charge is 2.14. The van der Waals surface area contributed by atoms with Gasteiger partial charge in [-0.15, -0.1) is 0 Å². The van der Waals surface area contributed by atoms with E-state index in [4.69, 9.17) is 4.74 Å². The number of ether oxygens (including phenoxy) is 1. The molecule has 1 heterocycles. The molecule has 0 fully saturated rings. The standard InChI is InChI=1S/C14H19NO/c1-11-10-15(2)8-7-14(11)12-5-4-6-13(9-12)16-3/h4-6,9H,7-8,10H2,1-3H3. The molecule has 1 aliphatic rings. The fraction of sp³-hybridized carbons (Fsp3) is 0.429. The van der Waals surface area contributed by atoms with Crippen molar-refractivity contribution in [3.05, 3.63) is 35.4 Å². The van der Waals surface area contributed by atoms with E-state index in [1.54, 1.807) is 7.11 Å². The van der Waals surface area contributed by atoms with Crippen LogP contribution >= 0.6 is 0 Å². The lowest BCUT2D eigenvalue weighted by atomic mass is 9.94. The largest absolute Gasteiger partial charge is 0.497 e. The molecule has 0 saturated carbocycles. The summed E-state index contributed by atoms with van der Waals surface area (Å²) in [5.41, 5.74) is 4.27. The highest BCUT2D eigenvalue weighted by atomic mass is 16.5. The molecule has 2 rings (SSSR count). The third-order valence-electron chi connectivity index (χ3n) is 3.18. The minimum Gasteiger partial charge on any atom is -0.497 e. The van der Waals surface area contributed by atoms with E-state index < -0.39 is 0 Å². The SMILES string of the molecule is COc1cccc(C2=C(C)CN(C)CC2)c1. The Hall–Kier alpha value is -1.28. The van der Waals surface area contributed by atoms with Gasteiger partial charge in [0, 0.05) is 13.1 Å². The number of methoxy groups -OCH3 is 1. The van der Waals surface area contributed by atoms with Crippen molar-refractivity contribution in [2.24, 2.45) is 0 Å². The van der Waals surface area contributed by atoms with E-state index >= 15 is 0 Å². The van der Waals surface area contributed by atoms with E-state index in [0.717, 1.165) is 25.3 Å². The average Bonchev–Trinajstić information content (AvgIpc) is 2.29. The van der Waals surface area contributed by atoms with Crippen molar-refractivity contribution in [2.75, 3.05) is 27.2 Å². The Labute approximate surface area is 97.5 Å². The van der Waals surface area contributed by atoms with Crippen molar-refractivity contribution in [3.63, 3.8) is 0 Å². The number of likely N-dealkylation sites (N-methyl/N-ethyl adjacent to an activating group) is 1. The lowest BCUT2D eigenvalue weighted by Gasteiger charge is -2.26. The Kier molecular flexibility index (Phi) is 3.30. The Morgan fingerprint density at radius 1 is 1.31 bits per heavy atom. The fourth-order valence-electron chi connectivity index (χ4n) is 2.30. The minimum absolute atomic E-state index is 0.941. The summed E-state index contributed by atoms with van der Waals surface area (Å²) in [5, 5.41) is 0. The summed E-state index contributed by atoms with van der Waals surface area (Å²) in [4.78, 5) is 2.36. The van der Waals surface area contributed by atoms with Crippen LogP contribution in [0.15, 0.2) is 29.8 Å². The highest BCUT2D eigenvalue weighted by Crippen LogP contribution is 2.28. The molecule has 0 bridgehead atoms. The summed E-state index contributed by atoms with van der Waals surface area (Å²) in [7, 11) is 3.89. The maximum atomic E-state index is 5.27. The quantitative estimate of drug-likeness (QED) is 0.755. The summed E-state index contributed by atoms with van der Waals surface area (Å²) in [5.74, 6) is 0.941. The van der Waals surface area contributed by atoms with Crippen LogP contribution in [0.2, 0.25) is 0 Å². The van der Waals surface area contributed by atoms with E-state index in [9.17, 15) is 0 Å². The van der Waals surface area contributed by atoms with Crippen molar-refractivity contribution < 1.29 is 4.74 Å². The smallest absolute Gasteiger partial charge is 0.119 e. The molecule has 16 heavy (non-hydrogen) atoms. The highest BCUT2D eigenvalue weighted by molar-refractivity contribution is 5.70. The first-order chi connectivity index (χ1) is 7.70. The van der Waals surface area contributed by atoms with Crippen molar-refractivity contribution >= 4 is 5.57 Å². The molecule has 0 atom stereocenters. The molecule has 1 aromatic rings. The zero-order valence-corrected chi connectivity index (χ0v) is 10.3. The van der Waals surface area contributed by atoms with Gasteiger partial charge in [0.05, 0.1) is 7.11 Å². The Balaban J connectivity index is 2.32. The van der Waals surface area contributed by atoms with Crippen LogP contribution in [0.5, 0.6) is 5.75 Å². The van der Waals surface area contributed by atoms with E-state index in [0.29, 0.717) is 0 Å². The third kappa shape index (κ3) is 2.27. The zero-order chi connectivity index (χ0) is 11.5. The molecular weight excluding hydrogens is 198 g/mol. The molecule has 0 aromatic heterocycles. The number of hydrogen-bond donors (Lipinski definition) is 0. The minimum atomic E-state index is 0.941. The van der Waals surface area contributed by atoms with Gasteiger partial charge in [-0.25, -0.2) is 0 Å². The van der Waals surface area contributed by atoms with Gasteiger partial charge in [-0.05, 0) is 43.7 Å². The zero-order valence-electron chi connectivity index (χ0n) is 10.3. The second-order valence-corrected chi connectivity index (χ2v) is 4.48. The van der Waals surface area contributed by atoms with Crippen LogP contribution < -0.4 is 4.74 Å². The second kappa shape index (κ2) is 4.71. The first-order valence-electron chi connectivity index (χ1n) is 5.72. The molecule has 0 N–H and O–H groups in total. The normalized spacial score (nSPS) is 17.7. The molecule has 0 saturated heterocycles. The van der Waals surface area contributed by atoms with Crippen molar-refractivity contribution in [1.29, 1.82) is 0 Å². The summed E-state index contributed by atoms with van der Waals surface area (Å²) < 4.78 is 5.27. The fourth-order valence-corrected chi connectivity index (χ4v) is 2.30. The Bertz CT molecular complexity index is 409.